The molecule has 1 fully saturated rings. The lowest BCUT2D eigenvalue weighted by molar-refractivity contribution is 0.394. The average Bonchev–Trinajstić information content (AvgIpc) is 2.56. The van der Waals surface area contributed by atoms with Crippen molar-refractivity contribution in [2.75, 3.05) is 18.6 Å². The monoisotopic (exact) mass is 187 g/mol. The van der Waals surface area contributed by atoms with Crippen LogP contribution >= 0.6 is 11.8 Å². The van der Waals surface area contributed by atoms with Crippen molar-refractivity contribution in [3.63, 3.8) is 0 Å². The molecule has 1 nitrogen and oxygen atoms in total. The topological polar surface area (TPSA) is 12.0 Å². The highest BCUT2D eigenvalue weighted by Gasteiger charge is 2.23. The van der Waals surface area contributed by atoms with E-state index in [0.29, 0.717) is 0 Å². The zero-order valence-electron chi connectivity index (χ0n) is 8.31. The minimum Gasteiger partial charge on any atom is -0.313 e. The van der Waals surface area contributed by atoms with Crippen LogP contribution in [0.2, 0.25) is 0 Å². The molecule has 1 rings (SSSR count). The normalized spacial score (nSPS) is 21.5. The molecule has 0 spiro atoms. The Morgan fingerprint density at radius 3 is 2.58 bits per heavy atom. The number of rotatable bonds is 5. The Hall–Kier alpha value is 0.310. The van der Waals surface area contributed by atoms with Gasteiger partial charge in [-0.2, -0.15) is 11.8 Å². The lowest BCUT2D eigenvalue weighted by Gasteiger charge is -2.23. The van der Waals surface area contributed by atoms with Crippen molar-refractivity contribution in [2.24, 2.45) is 5.92 Å². The van der Waals surface area contributed by atoms with Gasteiger partial charge in [0.15, 0.2) is 0 Å². The molecule has 1 saturated carbocycles. The fourth-order valence-electron chi connectivity index (χ4n) is 2.16. The Balaban J connectivity index is 2.29. The highest BCUT2D eigenvalue weighted by atomic mass is 32.2. The Morgan fingerprint density at radius 1 is 1.42 bits per heavy atom. The molecule has 0 saturated heterocycles. The van der Waals surface area contributed by atoms with Gasteiger partial charge in [0.05, 0.1) is 0 Å². The summed E-state index contributed by atoms with van der Waals surface area (Å²) in [6, 6.07) is 0.785. The molecule has 0 heterocycles. The van der Waals surface area contributed by atoms with Crippen molar-refractivity contribution in [3.05, 3.63) is 0 Å². The summed E-state index contributed by atoms with van der Waals surface area (Å²) in [6.07, 6.45) is 8.04. The van der Waals surface area contributed by atoms with Crippen LogP contribution in [0, 0.1) is 5.92 Å². The summed E-state index contributed by atoms with van der Waals surface area (Å²) in [5.74, 6) is 2.26. The van der Waals surface area contributed by atoms with Crippen molar-refractivity contribution in [3.8, 4) is 0 Å². The molecule has 1 atom stereocenters. The summed E-state index contributed by atoms with van der Waals surface area (Å²) in [5.41, 5.74) is 0. The summed E-state index contributed by atoms with van der Waals surface area (Å²) in [5, 5.41) is 3.60. The molecule has 0 radical (unpaired) electrons. The van der Waals surface area contributed by atoms with Gasteiger partial charge in [0.25, 0.3) is 0 Å². The zero-order valence-corrected chi connectivity index (χ0v) is 9.12. The number of hydrogen-bond donors (Lipinski definition) is 1. The van der Waals surface area contributed by atoms with E-state index in [9.17, 15) is 0 Å². The minimum absolute atomic E-state index is 0.785. The summed E-state index contributed by atoms with van der Waals surface area (Å²) in [4.78, 5) is 0. The number of nitrogens with one attached hydrogen (secondary N) is 1. The predicted molar refractivity (Wildman–Crippen MR) is 57.8 cm³/mol. The van der Waals surface area contributed by atoms with E-state index in [0.717, 1.165) is 18.5 Å². The molecule has 12 heavy (non-hydrogen) atoms. The summed E-state index contributed by atoms with van der Waals surface area (Å²) < 4.78 is 0. The van der Waals surface area contributed by atoms with Crippen LogP contribution in [0.15, 0.2) is 0 Å². The Labute approximate surface area is 80.7 Å². The Kier molecular flexibility index (Phi) is 5.08. The van der Waals surface area contributed by atoms with Crippen LogP contribution in [0.4, 0.5) is 0 Å². The first-order valence-corrected chi connectivity index (χ1v) is 6.50. The van der Waals surface area contributed by atoms with Crippen molar-refractivity contribution >= 4 is 11.8 Å². The van der Waals surface area contributed by atoms with E-state index in [-0.39, 0.29) is 0 Å². The molecule has 0 amide bonds. The maximum Gasteiger partial charge on any atom is 0.0186 e. The molecule has 2 heteroatoms. The second-order valence-corrected chi connectivity index (χ2v) is 4.57. The van der Waals surface area contributed by atoms with E-state index in [1.165, 1.54) is 31.4 Å². The molecule has 1 aliphatic rings. The summed E-state index contributed by atoms with van der Waals surface area (Å²) in [6.45, 7) is 3.34. The van der Waals surface area contributed by atoms with Gasteiger partial charge in [-0.1, -0.05) is 19.8 Å². The van der Waals surface area contributed by atoms with Crippen molar-refractivity contribution in [2.45, 2.75) is 38.6 Å². The molecular formula is C10H21NS. The molecule has 0 aromatic rings. The molecule has 0 bridgehead atoms. The van der Waals surface area contributed by atoms with E-state index in [1.807, 2.05) is 11.8 Å². The molecule has 0 aliphatic heterocycles. The van der Waals surface area contributed by atoms with E-state index in [1.54, 1.807) is 0 Å². The van der Waals surface area contributed by atoms with Gasteiger partial charge in [0, 0.05) is 11.8 Å². The van der Waals surface area contributed by atoms with Crippen LogP contribution in [-0.2, 0) is 0 Å². The molecule has 1 aliphatic carbocycles. The van der Waals surface area contributed by atoms with E-state index >= 15 is 0 Å². The lowest BCUT2D eigenvalue weighted by atomic mass is 10.00. The van der Waals surface area contributed by atoms with Gasteiger partial charge in [0.2, 0.25) is 0 Å². The SMILES string of the molecule is CCNC(CSC)C1CCCC1. The highest BCUT2D eigenvalue weighted by Crippen LogP contribution is 2.28. The van der Waals surface area contributed by atoms with Crippen LogP contribution < -0.4 is 5.32 Å². The first-order chi connectivity index (χ1) is 5.88. The maximum atomic E-state index is 3.60. The smallest absolute Gasteiger partial charge is 0.0186 e. The third-order valence-electron chi connectivity index (χ3n) is 2.78. The average molecular weight is 187 g/mol. The van der Waals surface area contributed by atoms with E-state index in [4.69, 9.17) is 0 Å². The van der Waals surface area contributed by atoms with Gasteiger partial charge < -0.3 is 5.32 Å². The van der Waals surface area contributed by atoms with E-state index in [2.05, 4.69) is 18.5 Å². The van der Waals surface area contributed by atoms with Gasteiger partial charge in [-0.25, -0.2) is 0 Å². The second kappa shape index (κ2) is 5.87. The third kappa shape index (κ3) is 2.98. The third-order valence-corrected chi connectivity index (χ3v) is 3.47. The second-order valence-electron chi connectivity index (χ2n) is 3.66. The highest BCUT2D eigenvalue weighted by molar-refractivity contribution is 7.98. The molecule has 1 N–H and O–H groups in total. The standard InChI is InChI=1S/C10H21NS/c1-3-11-10(8-12-2)9-6-4-5-7-9/h9-11H,3-8H2,1-2H3. The lowest BCUT2D eigenvalue weighted by Crippen LogP contribution is -2.37. The van der Waals surface area contributed by atoms with Gasteiger partial charge in [-0.3, -0.25) is 0 Å². The van der Waals surface area contributed by atoms with Crippen LogP contribution in [0.3, 0.4) is 0 Å². The molecule has 72 valence electrons. The van der Waals surface area contributed by atoms with Crippen molar-refractivity contribution in [1.82, 2.24) is 5.32 Å². The van der Waals surface area contributed by atoms with Gasteiger partial charge >= 0.3 is 0 Å². The van der Waals surface area contributed by atoms with Crippen molar-refractivity contribution < 1.29 is 0 Å². The zero-order chi connectivity index (χ0) is 8.81. The van der Waals surface area contributed by atoms with Crippen LogP contribution in [0.25, 0.3) is 0 Å². The largest absolute Gasteiger partial charge is 0.313 e. The summed E-state index contributed by atoms with van der Waals surface area (Å²) in [7, 11) is 0. The van der Waals surface area contributed by atoms with Gasteiger partial charge in [-0.05, 0) is 31.6 Å². The predicted octanol–water partition coefficient (Wildman–Crippen LogP) is 2.52. The Bertz CT molecular complexity index is 104. The van der Waals surface area contributed by atoms with Gasteiger partial charge in [-0.15, -0.1) is 0 Å². The first kappa shape index (κ1) is 10.4. The van der Waals surface area contributed by atoms with Crippen molar-refractivity contribution in [1.29, 1.82) is 0 Å². The van der Waals surface area contributed by atoms with Crippen LogP contribution in [-0.4, -0.2) is 24.6 Å². The van der Waals surface area contributed by atoms with Gasteiger partial charge in [0.1, 0.15) is 0 Å². The molecule has 0 aromatic heterocycles. The molecule has 0 aromatic carbocycles. The summed E-state index contributed by atoms with van der Waals surface area (Å²) >= 11 is 1.97. The molecule has 1 unspecified atom stereocenters. The fraction of sp³-hybridized carbons (Fsp3) is 1.00. The van der Waals surface area contributed by atoms with Crippen LogP contribution in [0.5, 0.6) is 0 Å². The maximum absolute atomic E-state index is 3.60. The first-order valence-electron chi connectivity index (χ1n) is 5.10. The quantitative estimate of drug-likeness (QED) is 0.710. The molecular weight excluding hydrogens is 166 g/mol. The fourth-order valence-corrected chi connectivity index (χ4v) is 2.91. The number of hydrogen-bond acceptors (Lipinski definition) is 2. The minimum atomic E-state index is 0.785. The Morgan fingerprint density at radius 2 is 2.08 bits per heavy atom. The van der Waals surface area contributed by atoms with Crippen LogP contribution in [0.1, 0.15) is 32.6 Å². The van der Waals surface area contributed by atoms with E-state index < -0.39 is 0 Å². The number of thioether (sulfide) groups is 1.